The average Bonchev–Trinajstić information content (AvgIpc) is 3.34. The van der Waals surface area contributed by atoms with Crippen LogP contribution in [0.5, 0.6) is 0 Å². The van der Waals surface area contributed by atoms with Crippen LogP contribution in [0.1, 0.15) is 80.8 Å². The van der Waals surface area contributed by atoms with Crippen LogP contribution in [0.3, 0.4) is 0 Å². The predicted molar refractivity (Wildman–Crippen MR) is 158 cm³/mol. The Labute approximate surface area is 245 Å². The Balaban J connectivity index is 1.25. The molecule has 2 fully saturated rings. The lowest BCUT2D eigenvalue weighted by atomic mass is 9.89. The van der Waals surface area contributed by atoms with Crippen molar-refractivity contribution in [1.82, 2.24) is 20.0 Å². The van der Waals surface area contributed by atoms with E-state index in [-0.39, 0.29) is 35.0 Å². The first kappa shape index (κ1) is 28.5. The summed E-state index contributed by atoms with van der Waals surface area (Å²) in [6.07, 6.45) is 8.56. The van der Waals surface area contributed by atoms with Crippen molar-refractivity contribution in [2.75, 3.05) is 24.5 Å². The van der Waals surface area contributed by atoms with Crippen molar-refractivity contribution >= 4 is 34.7 Å². The molecule has 1 saturated carbocycles. The van der Waals surface area contributed by atoms with Gasteiger partial charge in [-0.2, -0.15) is 5.10 Å². The zero-order valence-electron chi connectivity index (χ0n) is 24.5. The Morgan fingerprint density at radius 1 is 1.14 bits per heavy atom. The highest BCUT2D eigenvalue weighted by atomic mass is 16.5. The van der Waals surface area contributed by atoms with Gasteiger partial charge < -0.3 is 20.0 Å². The van der Waals surface area contributed by atoms with Crippen LogP contribution in [0.25, 0.3) is 10.8 Å². The van der Waals surface area contributed by atoms with Gasteiger partial charge in [0.05, 0.1) is 23.0 Å². The lowest BCUT2D eigenvalue weighted by Gasteiger charge is -2.40. The molecule has 1 unspecified atom stereocenters. The summed E-state index contributed by atoms with van der Waals surface area (Å²) in [5, 5.41) is 31.1. The normalized spacial score (nSPS) is 20.1. The molecule has 6 rings (SSSR count). The number of anilines is 1. The van der Waals surface area contributed by atoms with Gasteiger partial charge in [0.1, 0.15) is 0 Å². The molecule has 0 radical (unpaired) electrons. The molecule has 3 heterocycles. The van der Waals surface area contributed by atoms with Gasteiger partial charge in [-0.05, 0) is 68.9 Å². The predicted octanol–water partition coefficient (Wildman–Crippen LogP) is 3.23. The van der Waals surface area contributed by atoms with Crippen LogP contribution in [0.15, 0.2) is 42.7 Å². The highest BCUT2D eigenvalue weighted by molar-refractivity contribution is 6.25. The molecule has 1 saturated heterocycles. The van der Waals surface area contributed by atoms with Gasteiger partial charge >= 0.3 is 0 Å². The Morgan fingerprint density at radius 3 is 2.57 bits per heavy atom. The topological polar surface area (TPSA) is 128 Å². The van der Waals surface area contributed by atoms with E-state index in [4.69, 9.17) is 0 Å². The molecule has 10 nitrogen and oxygen atoms in total. The van der Waals surface area contributed by atoms with Crippen molar-refractivity contribution in [2.24, 2.45) is 5.41 Å². The zero-order chi connectivity index (χ0) is 29.9. The van der Waals surface area contributed by atoms with Crippen LogP contribution in [-0.2, 0) is 20.9 Å². The van der Waals surface area contributed by atoms with Gasteiger partial charge in [-0.15, -0.1) is 0 Å². The number of rotatable bonds is 10. The summed E-state index contributed by atoms with van der Waals surface area (Å²) in [4.78, 5) is 40.0. The lowest BCUT2D eigenvalue weighted by molar-refractivity contribution is -0.131. The number of carbonyl (C=O) groups excluding carboxylic acids is 3. The minimum absolute atomic E-state index is 0.0952. The summed E-state index contributed by atoms with van der Waals surface area (Å²) >= 11 is 0. The van der Waals surface area contributed by atoms with E-state index >= 15 is 0 Å². The number of hydrogen-bond donors (Lipinski definition) is 3. The molecule has 1 atom stereocenters. The number of imide groups is 1. The van der Waals surface area contributed by atoms with Gasteiger partial charge in [-0.25, -0.2) is 0 Å². The number of piperidine rings is 1. The Bertz CT molecular complexity index is 1550. The molecule has 3 N–H and O–H groups in total. The number of aliphatic hydroxyl groups is 2. The van der Waals surface area contributed by atoms with E-state index in [0.717, 1.165) is 32.5 Å². The van der Waals surface area contributed by atoms with E-state index in [1.807, 2.05) is 11.6 Å². The summed E-state index contributed by atoms with van der Waals surface area (Å²) in [5.41, 5.74) is 1.93. The van der Waals surface area contributed by atoms with Gasteiger partial charge in [-0.3, -0.25) is 24.4 Å². The molecule has 3 amide bonds. The zero-order valence-corrected chi connectivity index (χ0v) is 24.5. The fourth-order valence-corrected chi connectivity index (χ4v) is 6.64. The van der Waals surface area contributed by atoms with Crippen LogP contribution in [0.4, 0.5) is 5.69 Å². The molecule has 0 spiro atoms. The number of carbonyl (C=O) groups is 3. The summed E-state index contributed by atoms with van der Waals surface area (Å²) in [7, 11) is 0. The second-order valence-corrected chi connectivity index (χ2v) is 13.0. The van der Waals surface area contributed by atoms with E-state index in [2.05, 4.69) is 29.2 Å². The molecule has 1 aromatic heterocycles. The lowest BCUT2D eigenvalue weighted by Crippen LogP contribution is -2.46. The highest BCUT2D eigenvalue weighted by Crippen LogP contribution is 2.47. The molecule has 2 aliphatic heterocycles. The monoisotopic (exact) mass is 573 g/mol. The molecule has 3 aromatic rings. The third kappa shape index (κ3) is 4.91. The van der Waals surface area contributed by atoms with Gasteiger partial charge in [0, 0.05) is 54.8 Å². The second-order valence-electron chi connectivity index (χ2n) is 13.0. The molecule has 222 valence electrons. The van der Waals surface area contributed by atoms with Gasteiger partial charge in [-0.1, -0.05) is 25.1 Å². The first-order valence-corrected chi connectivity index (χ1v) is 14.8. The van der Waals surface area contributed by atoms with Gasteiger partial charge in [0.15, 0.2) is 0 Å². The maximum Gasteiger partial charge on any atom is 0.259 e. The Hall–Kier alpha value is -3.60. The summed E-state index contributed by atoms with van der Waals surface area (Å²) in [5.74, 6) is -2.94. The smallest absolute Gasteiger partial charge is 0.259 e. The summed E-state index contributed by atoms with van der Waals surface area (Å²) in [6, 6.07) is 8.33. The maximum absolute atomic E-state index is 13.5. The average molecular weight is 574 g/mol. The molecular weight excluding hydrogens is 534 g/mol. The number of nitrogens with zero attached hydrogens (tertiary/aromatic N) is 4. The summed E-state index contributed by atoms with van der Waals surface area (Å²) in [6.45, 7) is 9.51. The summed E-state index contributed by atoms with van der Waals surface area (Å²) < 4.78 is 1.88. The first-order valence-electron chi connectivity index (χ1n) is 14.8. The Morgan fingerprint density at radius 2 is 1.88 bits per heavy atom. The van der Waals surface area contributed by atoms with Crippen LogP contribution >= 0.6 is 0 Å². The van der Waals surface area contributed by atoms with E-state index < -0.39 is 11.7 Å². The Kier molecular flexibility index (Phi) is 6.99. The molecule has 0 bridgehead atoms. The van der Waals surface area contributed by atoms with Crippen molar-refractivity contribution < 1.29 is 24.6 Å². The van der Waals surface area contributed by atoms with Crippen molar-refractivity contribution in [3.63, 3.8) is 0 Å². The van der Waals surface area contributed by atoms with E-state index in [0.29, 0.717) is 40.3 Å². The number of hydrogen-bond acceptors (Lipinski definition) is 7. The number of aromatic nitrogens is 2. The van der Waals surface area contributed by atoms with Crippen molar-refractivity contribution in [1.29, 1.82) is 0 Å². The third-order valence-electron chi connectivity index (χ3n) is 9.73. The number of benzene rings is 2. The largest absolute Gasteiger partial charge is 0.358 e. The van der Waals surface area contributed by atoms with Crippen LogP contribution in [-0.4, -0.2) is 68.8 Å². The minimum Gasteiger partial charge on any atom is -0.358 e. The number of nitrogens with one attached hydrogen (secondary N) is 1. The molecule has 1 aliphatic carbocycles. The molecule has 42 heavy (non-hydrogen) atoms. The minimum atomic E-state index is -2.33. The van der Waals surface area contributed by atoms with Crippen LogP contribution < -0.4 is 10.2 Å². The van der Waals surface area contributed by atoms with E-state index in [1.54, 1.807) is 41.4 Å². The fourth-order valence-electron chi connectivity index (χ4n) is 6.64. The maximum atomic E-state index is 13.5. The van der Waals surface area contributed by atoms with E-state index in [9.17, 15) is 24.6 Å². The number of amides is 3. The van der Waals surface area contributed by atoms with Crippen molar-refractivity contribution in [3.8, 4) is 0 Å². The number of likely N-dealkylation sites (tertiary alicyclic amines) is 1. The third-order valence-corrected chi connectivity index (χ3v) is 9.73. The molecule has 3 aliphatic rings. The van der Waals surface area contributed by atoms with E-state index in [1.165, 1.54) is 19.0 Å². The molecule has 2 aromatic carbocycles. The second kappa shape index (κ2) is 10.3. The SMILES string of the molecule is CC(CCC(=O)NC=O)N1C(=O)c2cccc3c(C(O)(O)c4cnn(C5(C)CCN(CC6(C)CC6)CC5)c4)ccc1c23. The van der Waals surface area contributed by atoms with Crippen LogP contribution in [0, 0.1) is 5.41 Å². The van der Waals surface area contributed by atoms with Crippen LogP contribution in [0.2, 0.25) is 0 Å². The van der Waals surface area contributed by atoms with Gasteiger partial charge in [0.25, 0.3) is 5.91 Å². The van der Waals surface area contributed by atoms with Crippen molar-refractivity contribution in [3.05, 3.63) is 59.4 Å². The first-order chi connectivity index (χ1) is 20.0. The highest BCUT2D eigenvalue weighted by Gasteiger charge is 2.42. The molecule has 10 heteroatoms. The fraction of sp³-hybridized carbons (Fsp3) is 0.500. The standard InChI is InChI=1S/C32H39N5O5/c1-21(7-10-27(39)33-20-38)37-26-9-8-25(23-5-4-6-24(28(23)26)29(37)40)32(41,42)22-17-34-36(18-22)31(3)13-15-35(16-14-31)19-30(2)11-12-30/h4-6,8-9,17-18,20-21,41-42H,7,10-16,19H2,1-3H3,(H,33,38,39). The quantitative estimate of drug-likeness (QED) is 0.251. The molecular formula is C32H39N5O5. The van der Waals surface area contributed by atoms with Gasteiger partial charge in [0.2, 0.25) is 18.1 Å². The van der Waals surface area contributed by atoms with Crippen molar-refractivity contribution in [2.45, 2.75) is 76.7 Å².